The molecular formula is C15H24O4. The third kappa shape index (κ3) is 3.00. The molecule has 0 spiro atoms. The molecule has 1 N–H and O–H groups in total. The summed E-state index contributed by atoms with van der Waals surface area (Å²) >= 11 is 0. The summed E-state index contributed by atoms with van der Waals surface area (Å²) in [5.74, 6) is 0.519. The van der Waals surface area contributed by atoms with Gasteiger partial charge in [-0.2, -0.15) is 0 Å². The van der Waals surface area contributed by atoms with Gasteiger partial charge in [-0.1, -0.05) is 6.58 Å². The van der Waals surface area contributed by atoms with Crippen LogP contribution in [0.3, 0.4) is 0 Å². The topological polar surface area (TPSA) is 55.8 Å². The molecule has 5 atom stereocenters. The summed E-state index contributed by atoms with van der Waals surface area (Å²) in [5, 5.41) is 10.3. The minimum atomic E-state index is -0.422. The molecule has 0 aromatic carbocycles. The van der Waals surface area contributed by atoms with E-state index >= 15 is 0 Å². The van der Waals surface area contributed by atoms with Crippen LogP contribution < -0.4 is 0 Å². The van der Waals surface area contributed by atoms with Crippen molar-refractivity contribution < 1.29 is 19.4 Å². The van der Waals surface area contributed by atoms with Crippen molar-refractivity contribution >= 4 is 5.97 Å². The van der Waals surface area contributed by atoms with Gasteiger partial charge in [-0.05, 0) is 51.4 Å². The molecule has 2 aliphatic rings. The van der Waals surface area contributed by atoms with Crippen LogP contribution in [0.2, 0.25) is 0 Å². The first-order valence-corrected chi connectivity index (χ1v) is 7.06. The van der Waals surface area contributed by atoms with Gasteiger partial charge in [0.25, 0.3) is 0 Å². The van der Waals surface area contributed by atoms with Gasteiger partial charge in [-0.3, -0.25) is 0 Å². The fraction of sp³-hybridized carbons (Fsp3) is 0.800. The second kappa shape index (κ2) is 5.63. The summed E-state index contributed by atoms with van der Waals surface area (Å²) in [6, 6.07) is 0. The van der Waals surface area contributed by atoms with E-state index in [2.05, 4.69) is 6.58 Å². The Balaban J connectivity index is 1.86. The van der Waals surface area contributed by atoms with Crippen molar-refractivity contribution in [3.8, 4) is 0 Å². The maximum absolute atomic E-state index is 11.4. The van der Waals surface area contributed by atoms with Crippen LogP contribution in [-0.4, -0.2) is 36.0 Å². The smallest absolute Gasteiger partial charge is 0.333 e. The Morgan fingerprint density at radius 3 is 2.63 bits per heavy atom. The van der Waals surface area contributed by atoms with E-state index in [-0.39, 0.29) is 30.0 Å². The highest BCUT2D eigenvalue weighted by molar-refractivity contribution is 5.86. The summed E-state index contributed by atoms with van der Waals surface area (Å²) in [7, 11) is 0. The summed E-state index contributed by atoms with van der Waals surface area (Å²) in [6.07, 6.45) is 1.63. The summed E-state index contributed by atoms with van der Waals surface area (Å²) < 4.78 is 11.0. The molecule has 4 nitrogen and oxygen atoms in total. The molecule has 0 saturated heterocycles. The number of esters is 1. The van der Waals surface area contributed by atoms with E-state index in [0.29, 0.717) is 18.1 Å². The third-order valence-corrected chi connectivity index (χ3v) is 4.23. The highest BCUT2D eigenvalue weighted by atomic mass is 16.5. The summed E-state index contributed by atoms with van der Waals surface area (Å²) in [6.45, 7) is 9.58. The summed E-state index contributed by atoms with van der Waals surface area (Å²) in [5.41, 5.74) is 0.421. The molecule has 0 radical (unpaired) electrons. The van der Waals surface area contributed by atoms with E-state index in [1.54, 1.807) is 6.92 Å². The van der Waals surface area contributed by atoms with Crippen molar-refractivity contribution in [2.45, 2.75) is 51.9 Å². The van der Waals surface area contributed by atoms with Crippen LogP contribution in [0.25, 0.3) is 0 Å². The van der Waals surface area contributed by atoms with Crippen molar-refractivity contribution in [3.63, 3.8) is 0 Å². The number of hydrogen-bond acceptors (Lipinski definition) is 4. The average Bonchev–Trinajstić information content (AvgIpc) is 2.86. The van der Waals surface area contributed by atoms with Gasteiger partial charge < -0.3 is 14.6 Å². The lowest BCUT2D eigenvalue weighted by atomic mass is 9.85. The second-order valence-corrected chi connectivity index (χ2v) is 6.17. The molecule has 2 saturated carbocycles. The quantitative estimate of drug-likeness (QED) is 0.611. The van der Waals surface area contributed by atoms with Crippen LogP contribution in [0, 0.1) is 17.8 Å². The molecule has 108 valence electrons. The first-order chi connectivity index (χ1) is 8.90. The monoisotopic (exact) mass is 268 g/mol. The number of hydrogen-bond donors (Lipinski definition) is 1. The third-order valence-electron chi connectivity index (χ3n) is 4.23. The number of ether oxygens (including phenoxy) is 2. The van der Waals surface area contributed by atoms with E-state index in [4.69, 9.17) is 9.47 Å². The average molecular weight is 268 g/mol. The number of carbonyl (C=O) groups is 1. The van der Waals surface area contributed by atoms with E-state index in [9.17, 15) is 9.90 Å². The Morgan fingerprint density at radius 1 is 1.42 bits per heavy atom. The molecule has 0 aromatic rings. The van der Waals surface area contributed by atoms with Crippen molar-refractivity contribution in [2.24, 2.45) is 17.8 Å². The van der Waals surface area contributed by atoms with E-state index < -0.39 is 6.10 Å². The van der Waals surface area contributed by atoms with Crippen LogP contribution in [0.1, 0.15) is 33.6 Å². The molecule has 4 heteroatoms. The Kier molecular flexibility index (Phi) is 4.31. The van der Waals surface area contributed by atoms with Crippen molar-refractivity contribution in [2.75, 3.05) is 6.61 Å². The predicted molar refractivity (Wildman–Crippen MR) is 71.5 cm³/mol. The standard InChI is InChI=1S/C15H24O4/c1-8(2)15(17)18-7-11-5-10-6-12(11)13(16)14(10)19-9(3)4/h9-14,16H,1,5-7H2,2-4H3. The highest BCUT2D eigenvalue weighted by Crippen LogP contribution is 2.50. The molecule has 5 unspecified atom stereocenters. The first kappa shape index (κ1) is 14.5. The van der Waals surface area contributed by atoms with Gasteiger partial charge in [0.15, 0.2) is 0 Å². The van der Waals surface area contributed by atoms with E-state index in [1.165, 1.54) is 0 Å². The Bertz CT molecular complexity index is 361. The molecule has 0 amide bonds. The minimum Gasteiger partial charge on any atom is -0.462 e. The lowest BCUT2D eigenvalue weighted by molar-refractivity contribution is -0.143. The van der Waals surface area contributed by atoms with Crippen LogP contribution in [0.15, 0.2) is 12.2 Å². The van der Waals surface area contributed by atoms with Crippen molar-refractivity contribution in [3.05, 3.63) is 12.2 Å². The van der Waals surface area contributed by atoms with Crippen LogP contribution in [0.4, 0.5) is 0 Å². The number of carbonyl (C=O) groups excluding carboxylic acids is 1. The molecular weight excluding hydrogens is 244 g/mol. The van der Waals surface area contributed by atoms with Gasteiger partial charge in [0.2, 0.25) is 0 Å². The number of rotatable bonds is 5. The zero-order valence-corrected chi connectivity index (χ0v) is 12.0. The van der Waals surface area contributed by atoms with Crippen molar-refractivity contribution in [1.29, 1.82) is 0 Å². The predicted octanol–water partition coefficient (Wildman–Crippen LogP) is 1.92. The fourth-order valence-electron chi connectivity index (χ4n) is 3.41. The molecule has 2 bridgehead atoms. The zero-order chi connectivity index (χ0) is 14.2. The maximum atomic E-state index is 11.4. The van der Waals surface area contributed by atoms with Gasteiger partial charge in [0.05, 0.1) is 24.9 Å². The van der Waals surface area contributed by atoms with Gasteiger partial charge in [0.1, 0.15) is 0 Å². The molecule has 0 aliphatic heterocycles. The summed E-state index contributed by atoms with van der Waals surface area (Å²) in [4.78, 5) is 11.4. The molecule has 19 heavy (non-hydrogen) atoms. The van der Waals surface area contributed by atoms with E-state index in [0.717, 1.165) is 12.8 Å². The number of aliphatic hydroxyl groups excluding tert-OH is 1. The lowest BCUT2D eigenvalue weighted by Gasteiger charge is -2.33. The first-order valence-electron chi connectivity index (χ1n) is 7.06. The fourth-order valence-corrected chi connectivity index (χ4v) is 3.41. The minimum absolute atomic E-state index is 0.0434. The van der Waals surface area contributed by atoms with Crippen molar-refractivity contribution in [1.82, 2.24) is 0 Å². The van der Waals surface area contributed by atoms with Gasteiger partial charge in [-0.25, -0.2) is 4.79 Å². The van der Waals surface area contributed by atoms with Gasteiger partial charge in [0, 0.05) is 5.57 Å². The molecule has 2 fully saturated rings. The highest BCUT2D eigenvalue weighted by Gasteiger charge is 2.53. The Labute approximate surface area is 114 Å². The van der Waals surface area contributed by atoms with E-state index in [1.807, 2.05) is 13.8 Å². The number of aliphatic hydroxyl groups is 1. The Morgan fingerprint density at radius 2 is 2.11 bits per heavy atom. The molecule has 0 aromatic heterocycles. The van der Waals surface area contributed by atoms with Crippen LogP contribution in [-0.2, 0) is 14.3 Å². The van der Waals surface area contributed by atoms with Crippen LogP contribution >= 0.6 is 0 Å². The van der Waals surface area contributed by atoms with Gasteiger partial charge >= 0.3 is 5.97 Å². The Hall–Kier alpha value is -0.870. The molecule has 2 aliphatic carbocycles. The largest absolute Gasteiger partial charge is 0.462 e. The molecule has 0 heterocycles. The SMILES string of the molecule is C=C(C)C(=O)OCC1CC2CC1C(O)C2OC(C)C. The number of fused-ring (bicyclic) bond motifs is 2. The lowest BCUT2D eigenvalue weighted by Crippen LogP contribution is -2.41. The maximum Gasteiger partial charge on any atom is 0.333 e. The normalized spacial score (nSPS) is 36.8. The molecule has 2 rings (SSSR count). The van der Waals surface area contributed by atoms with Crippen LogP contribution in [0.5, 0.6) is 0 Å². The second-order valence-electron chi connectivity index (χ2n) is 6.17. The van der Waals surface area contributed by atoms with Gasteiger partial charge in [-0.15, -0.1) is 0 Å². The zero-order valence-electron chi connectivity index (χ0n) is 12.0.